The van der Waals surface area contributed by atoms with E-state index in [1.807, 2.05) is 12.2 Å². The van der Waals surface area contributed by atoms with E-state index in [9.17, 15) is 9.59 Å². The molecule has 4 rings (SSSR count). The van der Waals surface area contributed by atoms with Gasteiger partial charge in [-0.25, -0.2) is 18.4 Å². The highest BCUT2D eigenvalue weighted by Crippen LogP contribution is 2.39. The van der Waals surface area contributed by atoms with Gasteiger partial charge in [-0.1, -0.05) is 94.0 Å². The van der Waals surface area contributed by atoms with Gasteiger partial charge < -0.3 is 28.7 Å². The van der Waals surface area contributed by atoms with Gasteiger partial charge in [0.1, 0.15) is 23.1 Å². The minimum atomic E-state index is -1.62. The Bertz CT molecular complexity index is 2000. The molecule has 2 atom stereocenters. The van der Waals surface area contributed by atoms with Crippen LogP contribution in [0.2, 0.25) is 0 Å². The van der Waals surface area contributed by atoms with E-state index in [1.165, 1.54) is 24.3 Å². The lowest BCUT2D eigenvalue weighted by Gasteiger charge is -2.31. The molecule has 0 unspecified atom stereocenters. The van der Waals surface area contributed by atoms with E-state index in [0.29, 0.717) is 35.8 Å². The Hall–Kier alpha value is -4.62. The molecular weight excluding hydrogens is 946 g/mol. The van der Waals surface area contributed by atoms with Gasteiger partial charge in [0.15, 0.2) is 11.2 Å². The molecule has 0 aliphatic heterocycles. The van der Waals surface area contributed by atoms with Crippen LogP contribution in [0, 0.1) is 11.6 Å². The Balaban J connectivity index is 1.44. The highest BCUT2D eigenvalue weighted by molar-refractivity contribution is 9.10. The average molecular weight is 1010 g/mol. The van der Waals surface area contributed by atoms with Crippen molar-refractivity contribution in [1.29, 1.82) is 0 Å². The standard InChI is InChI=1S/C52H62Br2F2N2O6/c1-7-31-57(5)33-13-9-11-15-35-61-43-25-27-45(47(55)37-43)51(3,39-17-21-41(53)22-18-39)63-49(59)29-30-50(60)64-52(4,40-19-23-42(54)24-20-40)46-28-26-44(38-48(46)56)62-36-16-12-10-14-34-58(6)32-8-2/h7-8,17-30,37-38H,1-2,9-16,31-36H2,3-6H3/b30-29+/t51-,52-/m0/s1. The number of hydrogen-bond donors (Lipinski definition) is 0. The summed E-state index contributed by atoms with van der Waals surface area (Å²) in [7, 11) is 4.14. The monoisotopic (exact) mass is 1010 g/mol. The van der Waals surface area contributed by atoms with Crippen molar-refractivity contribution in [1.82, 2.24) is 9.80 Å². The maximum absolute atomic E-state index is 16.0. The lowest BCUT2D eigenvalue weighted by atomic mass is 9.87. The zero-order valence-corrected chi connectivity index (χ0v) is 40.7. The minimum Gasteiger partial charge on any atom is -0.493 e. The molecule has 0 fully saturated rings. The van der Waals surface area contributed by atoms with E-state index in [1.54, 1.807) is 74.5 Å². The fourth-order valence-corrected chi connectivity index (χ4v) is 7.83. The van der Waals surface area contributed by atoms with E-state index >= 15 is 8.78 Å². The zero-order valence-electron chi connectivity index (χ0n) is 37.6. The van der Waals surface area contributed by atoms with Crippen molar-refractivity contribution in [2.75, 3.05) is 53.5 Å². The highest BCUT2D eigenvalue weighted by atomic mass is 79.9. The summed E-state index contributed by atoms with van der Waals surface area (Å²) >= 11 is 6.87. The summed E-state index contributed by atoms with van der Waals surface area (Å²) in [4.78, 5) is 31.5. The van der Waals surface area contributed by atoms with Crippen LogP contribution in [0.1, 0.15) is 87.5 Å². The number of benzene rings is 4. The Morgan fingerprint density at radius 3 is 1.28 bits per heavy atom. The van der Waals surface area contributed by atoms with E-state index in [4.69, 9.17) is 18.9 Å². The van der Waals surface area contributed by atoms with Gasteiger partial charge in [0.25, 0.3) is 0 Å². The van der Waals surface area contributed by atoms with Crippen LogP contribution in [0.5, 0.6) is 11.5 Å². The number of carbonyl (C=O) groups excluding carboxylic acids is 2. The first-order valence-electron chi connectivity index (χ1n) is 21.8. The Kier molecular flexibility index (Phi) is 21.4. The van der Waals surface area contributed by atoms with Crippen LogP contribution in [-0.4, -0.2) is 75.2 Å². The third kappa shape index (κ3) is 16.1. The van der Waals surface area contributed by atoms with Crippen molar-refractivity contribution in [2.24, 2.45) is 0 Å². The molecule has 0 N–H and O–H groups in total. The van der Waals surface area contributed by atoms with Crippen LogP contribution in [-0.2, 0) is 30.3 Å². The first-order chi connectivity index (χ1) is 30.7. The summed E-state index contributed by atoms with van der Waals surface area (Å²) in [5, 5.41) is 0. The molecule has 0 saturated carbocycles. The second-order valence-corrected chi connectivity index (χ2v) is 18.0. The normalized spacial score (nSPS) is 13.3. The molecule has 0 radical (unpaired) electrons. The molecule has 64 heavy (non-hydrogen) atoms. The van der Waals surface area contributed by atoms with E-state index in [0.717, 1.165) is 98.6 Å². The molecule has 4 aromatic carbocycles. The summed E-state index contributed by atoms with van der Waals surface area (Å²) in [5.41, 5.74) is -2.09. The van der Waals surface area contributed by atoms with Crippen molar-refractivity contribution < 1.29 is 37.3 Å². The Labute approximate surface area is 395 Å². The van der Waals surface area contributed by atoms with E-state index in [-0.39, 0.29) is 11.1 Å². The van der Waals surface area contributed by atoms with Gasteiger partial charge in [-0.2, -0.15) is 0 Å². The second kappa shape index (κ2) is 26.4. The van der Waals surface area contributed by atoms with Crippen molar-refractivity contribution in [3.63, 3.8) is 0 Å². The van der Waals surface area contributed by atoms with Crippen LogP contribution >= 0.6 is 31.9 Å². The molecule has 0 amide bonds. The van der Waals surface area contributed by atoms with Crippen molar-refractivity contribution in [3.05, 3.63) is 165 Å². The van der Waals surface area contributed by atoms with Crippen LogP contribution in [0.4, 0.5) is 8.78 Å². The van der Waals surface area contributed by atoms with Crippen molar-refractivity contribution in [3.8, 4) is 11.5 Å². The lowest BCUT2D eigenvalue weighted by molar-refractivity contribution is -0.152. The molecule has 0 spiro atoms. The Morgan fingerprint density at radius 1 is 0.578 bits per heavy atom. The maximum Gasteiger partial charge on any atom is 0.332 e. The zero-order chi connectivity index (χ0) is 46.5. The smallest absolute Gasteiger partial charge is 0.332 e. The molecule has 8 nitrogen and oxygen atoms in total. The molecule has 0 bridgehead atoms. The Morgan fingerprint density at radius 2 is 0.938 bits per heavy atom. The topological polar surface area (TPSA) is 77.5 Å². The van der Waals surface area contributed by atoms with E-state index in [2.05, 4.69) is 68.9 Å². The third-order valence-electron chi connectivity index (χ3n) is 11.0. The number of ether oxygens (including phenoxy) is 4. The number of likely N-dealkylation sites (N-methyl/N-ethyl adjacent to an activating group) is 2. The maximum atomic E-state index is 16.0. The van der Waals surface area contributed by atoms with Crippen LogP contribution < -0.4 is 9.47 Å². The fraction of sp³-hybridized carbons (Fsp3) is 0.385. The first-order valence-corrected chi connectivity index (χ1v) is 23.4. The van der Waals surface area contributed by atoms with Gasteiger partial charge in [0, 0.05) is 57.4 Å². The quantitative estimate of drug-likeness (QED) is 0.0241. The summed E-state index contributed by atoms with van der Waals surface area (Å²) in [6.07, 6.45) is 13.5. The summed E-state index contributed by atoms with van der Waals surface area (Å²) in [5.74, 6) is -2.42. The number of esters is 2. The first kappa shape index (κ1) is 52.0. The number of unbranched alkanes of at least 4 members (excludes halogenated alkanes) is 6. The molecule has 0 heterocycles. The van der Waals surface area contributed by atoms with Crippen molar-refractivity contribution in [2.45, 2.75) is 76.4 Å². The molecule has 0 aromatic heterocycles. The molecule has 4 aromatic rings. The molecule has 0 saturated heterocycles. The SMILES string of the molecule is C=CCN(C)CCCCCCOc1ccc([C@@](C)(OC(=O)/C=C/C(=O)O[C@@](C)(c2ccc(Br)cc2)c2ccc(OCCCCCCN(C)CC=C)cc2F)c2ccc(Br)cc2)c(F)c1. The van der Waals surface area contributed by atoms with Crippen LogP contribution in [0.3, 0.4) is 0 Å². The van der Waals surface area contributed by atoms with Gasteiger partial charge >= 0.3 is 11.9 Å². The van der Waals surface area contributed by atoms with Crippen LogP contribution in [0.25, 0.3) is 0 Å². The number of rotatable bonds is 28. The number of nitrogens with zero attached hydrogens (tertiary/aromatic N) is 2. The summed E-state index contributed by atoms with van der Waals surface area (Å²) in [6.45, 7) is 15.3. The predicted octanol–water partition coefficient (Wildman–Crippen LogP) is 12.5. The second-order valence-electron chi connectivity index (χ2n) is 16.2. The largest absolute Gasteiger partial charge is 0.493 e. The number of carbonyl (C=O) groups is 2. The van der Waals surface area contributed by atoms with Gasteiger partial charge in [0.2, 0.25) is 0 Å². The predicted molar refractivity (Wildman–Crippen MR) is 259 cm³/mol. The number of hydrogen-bond acceptors (Lipinski definition) is 8. The highest BCUT2D eigenvalue weighted by Gasteiger charge is 2.38. The number of halogens is 4. The average Bonchev–Trinajstić information content (AvgIpc) is 3.25. The van der Waals surface area contributed by atoms with Gasteiger partial charge in [-0.3, -0.25) is 0 Å². The molecule has 0 aliphatic carbocycles. The molecule has 12 heteroatoms. The molecule has 0 aliphatic rings. The van der Waals surface area contributed by atoms with Gasteiger partial charge in [-0.15, -0.1) is 13.2 Å². The van der Waals surface area contributed by atoms with Gasteiger partial charge in [0.05, 0.1) is 13.2 Å². The lowest BCUT2D eigenvalue weighted by Crippen LogP contribution is -2.32. The minimum absolute atomic E-state index is 0.0869. The molecule has 344 valence electrons. The van der Waals surface area contributed by atoms with E-state index < -0.39 is 34.8 Å². The van der Waals surface area contributed by atoms with Crippen LogP contribution in [0.15, 0.2) is 131 Å². The summed E-state index contributed by atoms with van der Waals surface area (Å²) in [6, 6.07) is 22.9. The fourth-order valence-electron chi connectivity index (χ4n) is 7.30. The van der Waals surface area contributed by atoms with Gasteiger partial charge in [-0.05, 0) is 126 Å². The van der Waals surface area contributed by atoms with Crippen molar-refractivity contribution >= 4 is 43.8 Å². The third-order valence-corrected chi connectivity index (χ3v) is 12.0. The summed E-state index contributed by atoms with van der Waals surface area (Å²) < 4.78 is 57.3. The molecular formula is C52H62Br2F2N2O6.